The summed E-state index contributed by atoms with van der Waals surface area (Å²) in [6, 6.07) is 9.69. The lowest BCUT2D eigenvalue weighted by molar-refractivity contribution is -0.123. The molecule has 1 atom stereocenters. The maximum atomic E-state index is 12.3. The number of anilines is 1. The summed E-state index contributed by atoms with van der Waals surface area (Å²) in [5.74, 6) is -0.670. The molecule has 0 aliphatic heterocycles. The van der Waals surface area contributed by atoms with Crippen molar-refractivity contribution < 1.29 is 23.5 Å². The number of halogens is 1. The molecule has 0 radical (unpaired) electrons. The van der Waals surface area contributed by atoms with E-state index < -0.39 is 18.0 Å². The van der Waals surface area contributed by atoms with Crippen LogP contribution >= 0.6 is 11.6 Å². The summed E-state index contributed by atoms with van der Waals surface area (Å²) < 4.78 is 15.4. The molecule has 0 aliphatic carbocycles. The zero-order valence-electron chi connectivity index (χ0n) is 14.0. The topological polar surface area (TPSA) is 90.7 Å². The maximum Gasteiger partial charge on any atom is 0.341 e. The first-order valence-electron chi connectivity index (χ1n) is 7.67. The van der Waals surface area contributed by atoms with Crippen LogP contribution in [0, 0.1) is 0 Å². The Morgan fingerprint density at radius 3 is 2.81 bits per heavy atom. The van der Waals surface area contributed by atoms with Crippen molar-refractivity contribution >= 4 is 40.3 Å². The second kappa shape index (κ2) is 7.45. The molecule has 1 amide bonds. The number of para-hydroxylation sites is 1. The van der Waals surface area contributed by atoms with E-state index >= 15 is 0 Å². The molecule has 0 bridgehead atoms. The molecule has 0 spiro atoms. The van der Waals surface area contributed by atoms with Gasteiger partial charge in [-0.3, -0.25) is 4.79 Å². The fourth-order valence-electron chi connectivity index (χ4n) is 2.32. The van der Waals surface area contributed by atoms with Gasteiger partial charge in [0.15, 0.2) is 18.1 Å². The minimum Gasteiger partial charge on any atom is -0.495 e. The first-order valence-corrected chi connectivity index (χ1v) is 8.05. The number of methoxy groups -OCH3 is 1. The molecule has 0 fully saturated rings. The second-order valence-corrected chi connectivity index (χ2v) is 5.80. The average molecular weight is 375 g/mol. The van der Waals surface area contributed by atoms with E-state index in [0.29, 0.717) is 27.6 Å². The molecule has 1 unspecified atom stereocenters. The van der Waals surface area contributed by atoms with Gasteiger partial charge in [-0.05, 0) is 37.3 Å². The largest absolute Gasteiger partial charge is 0.495 e. The number of ether oxygens (including phenoxy) is 2. The fraction of sp³-hybridized carbons (Fsp3) is 0.167. The predicted molar refractivity (Wildman–Crippen MR) is 95.5 cm³/mol. The SMILES string of the molecule is COc1ccc(NC(=O)C(C)OC(=O)c2cccc3ocnc23)cc1Cl. The highest BCUT2D eigenvalue weighted by Gasteiger charge is 2.21. The van der Waals surface area contributed by atoms with E-state index in [0.717, 1.165) is 0 Å². The normalized spacial score (nSPS) is 11.8. The van der Waals surface area contributed by atoms with Gasteiger partial charge in [-0.25, -0.2) is 9.78 Å². The molecule has 134 valence electrons. The molecule has 7 nitrogen and oxygen atoms in total. The van der Waals surface area contributed by atoms with E-state index in [1.54, 1.807) is 36.4 Å². The van der Waals surface area contributed by atoms with Crippen LogP contribution in [-0.4, -0.2) is 30.1 Å². The van der Waals surface area contributed by atoms with Crippen molar-refractivity contribution in [3.63, 3.8) is 0 Å². The monoisotopic (exact) mass is 374 g/mol. The van der Waals surface area contributed by atoms with Crippen LogP contribution in [0.3, 0.4) is 0 Å². The minimum absolute atomic E-state index is 0.225. The van der Waals surface area contributed by atoms with Crippen molar-refractivity contribution in [2.24, 2.45) is 0 Å². The first kappa shape index (κ1) is 17.8. The number of amides is 1. The number of nitrogens with one attached hydrogen (secondary N) is 1. The number of oxazole rings is 1. The first-order chi connectivity index (χ1) is 12.5. The lowest BCUT2D eigenvalue weighted by atomic mass is 10.2. The van der Waals surface area contributed by atoms with Crippen molar-refractivity contribution in [1.29, 1.82) is 0 Å². The van der Waals surface area contributed by atoms with Crippen molar-refractivity contribution in [3.8, 4) is 5.75 Å². The van der Waals surface area contributed by atoms with E-state index in [1.165, 1.54) is 20.4 Å². The maximum absolute atomic E-state index is 12.3. The zero-order chi connectivity index (χ0) is 18.7. The second-order valence-electron chi connectivity index (χ2n) is 5.39. The van der Waals surface area contributed by atoms with Crippen molar-refractivity contribution in [2.45, 2.75) is 13.0 Å². The number of hydrogen-bond donors (Lipinski definition) is 1. The van der Waals surface area contributed by atoms with E-state index in [2.05, 4.69) is 10.3 Å². The van der Waals surface area contributed by atoms with Gasteiger partial charge in [0.1, 0.15) is 11.3 Å². The van der Waals surface area contributed by atoms with Gasteiger partial charge in [0.2, 0.25) is 0 Å². The van der Waals surface area contributed by atoms with Crippen molar-refractivity contribution in [3.05, 3.63) is 53.4 Å². The standard InChI is InChI=1S/C18H15ClN2O5/c1-10(17(22)21-11-6-7-14(24-2)13(19)8-11)26-18(23)12-4-3-5-15-16(12)20-9-25-15/h3-10H,1-2H3,(H,21,22). The van der Waals surface area contributed by atoms with E-state index in [4.69, 9.17) is 25.5 Å². The summed E-state index contributed by atoms with van der Waals surface area (Å²) in [5.41, 5.74) is 1.53. The number of aromatic nitrogens is 1. The summed E-state index contributed by atoms with van der Waals surface area (Å²) >= 11 is 6.02. The Morgan fingerprint density at radius 2 is 2.08 bits per heavy atom. The highest BCUT2D eigenvalue weighted by Crippen LogP contribution is 2.27. The molecule has 0 saturated heterocycles. The third-order valence-corrected chi connectivity index (χ3v) is 3.95. The summed E-state index contributed by atoms with van der Waals surface area (Å²) in [4.78, 5) is 28.6. The molecule has 1 aromatic heterocycles. The average Bonchev–Trinajstić information content (AvgIpc) is 3.10. The molecular weight excluding hydrogens is 360 g/mol. The summed E-state index contributed by atoms with van der Waals surface area (Å²) in [6.07, 6.45) is 0.218. The van der Waals surface area contributed by atoms with Crippen molar-refractivity contribution in [1.82, 2.24) is 4.98 Å². The quantitative estimate of drug-likeness (QED) is 0.685. The number of hydrogen-bond acceptors (Lipinski definition) is 6. The molecular formula is C18H15ClN2O5. The lowest BCUT2D eigenvalue weighted by Crippen LogP contribution is -2.30. The van der Waals surface area contributed by atoms with Gasteiger partial charge in [-0.15, -0.1) is 0 Å². The van der Waals surface area contributed by atoms with E-state index in [-0.39, 0.29) is 5.56 Å². The Bertz CT molecular complexity index is 969. The van der Waals surface area contributed by atoms with Crippen LogP contribution in [0.1, 0.15) is 17.3 Å². The number of nitrogens with zero attached hydrogens (tertiary/aromatic N) is 1. The van der Waals surface area contributed by atoms with Crippen LogP contribution in [0.4, 0.5) is 5.69 Å². The summed E-state index contributed by atoms with van der Waals surface area (Å²) in [5, 5.41) is 2.99. The predicted octanol–water partition coefficient (Wildman–Crippen LogP) is 3.67. The van der Waals surface area contributed by atoms with Crippen LogP contribution in [0.15, 0.2) is 47.2 Å². The van der Waals surface area contributed by atoms with Gasteiger partial charge in [0, 0.05) is 5.69 Å². The van der Waals surface area contributed by atoms with Crippen LogP contribution in [0.5, 0.6) is 5.75 Å². The van der Waals surface area contributed by atoms with Gasteiger partial charge in [-0.2, -0.15) is 0 Å². The van der Waals surface area contributed by atoms with Gasteiger partial charge in [0.05, 0.1) is 17.7 Å². The number of fused-ring (bicyclic) bond motifs is 1. The minimum atomic E-state index is -1.02. The van der Waals surface area contributed by atoms with Gasteiger partial charge in [0.25, 0.3) is 5.91 Å². The molecule has 1 heterocycles. The Kier molecular flexibility index (Phi) is 5.09. The highest BCUT2D eigenvalue weighted by molar-refractivity contribution is 6.32. The van der Waals surface area contributed by atoms with E-state index in [1.807, 2.05) is 0 Å². The Labute approximate surface area is 153 Å². The number of carbonyl (C=O) groups excluding carboxylic acids is 2. The van der Waals surface area contributed by atoms with Crippen LogP contribution in [0.25, 0.3) is 11.1 Å². The highest BCUT2D eigenvalue weighted by atomic mass is 35.5. The van der Waals surface area contributed by atoms with E-state index in [9.17, 15) is 9.59 Å². The number of rotatable bonds is 5. The van der Waals surface area contributed by atoms with Crippen LogP contribution in [-0.2, 0) is 9.53 Å². The Hall–Kier alpha value is -3.06. The Balaban J connectivity index is 1.68. The number of carbonyl (C=O) groups is 2. The zero-order valence-corrected chi connectivity index (χ0v) is 14.7. The molecule has 0 saturated carbocycles. The number of benzene rings is 2. The van der Waals surface area contributed by atoms with Gasteiger partial charge >= 0.3 is 5.97 Å². The summed E-state index contributed by atoms with van der Waals surface area (Å²) in [7, 11) is 1.50. The molecule has 3 aromatic rings. The number of esters is 1. The smallest absolute Gasteiger partial charge is 0.341 e. The van der Waals surface area contributed by atoms with Crippen molar-refractivity contribution in [2.75, 3.05) is 12.4 Å². The fourth-order valence-corrected chi connectivity index (χ4v) is 2.57. The molecule has 0 aliphatic rings. The van der Waals surface area contributed by atoms with Crippen LogP contribution < -0.4 is 10.1 Å². The molecule has 1 N–H and O–H groups in total. The third kappa shape index (κ3) is 3.62. The van der Waals surface area contributed by atoms with Gasteiger partial charge < -0.3 is 19.2 Å². The molecule has 26 heavy (non-hydrogen) atoms. The Morgan fingerprint density at radius 1 is 1.27 bits per heavy atom. The lowest BCUT2D eigenvalue weighted by Gasteiger charge is -2.14. The molecule has 3 rings (SSSR count). The van der Waals surface area contributed by atoms with Gasteiger partial charge in [-0.1, -0.05) is 17.7 Å². The third-order valence-electron chi connectivity index (χ3n) is 3.65. The summed E-state index contributed by atoms with van der Waals surface area (Å²) in [6.45, 7) is 1.47. The molecule has 8 heteroatoms. The molecule has 2 aromatic carbocycles. The van der Waals surface area contributed by atoms with Crippen LogP contribution in [0.2, 0.25) is 5.02 Å².